The summed E-state index contributed by atoms with van der Waals surface area (Å²) in [4.78, 5) is 22.8. The van der Waals surface area contributed by atoms with Gasteiger partial charge >= 0.3 is 0 Å². The van der Waals surface area contributed by atoms with Crippen LogP contribution in [0.25, 0.3) is 11.5 Å². The zero-order valence-corrected chi connectivity index (χ0v) is 16.3. The van der Waals surface area contributed by atoms with Gasteiger partial charge in [-0.15, -0.1) is 0 Å². The average Bonchev–Trinajstić information content (AvgIpc) is 3.19. The lowest BCUT2D eigenvalue weighted by Gasteiger charge is -2.23. The number of benzene rings is 1. The largest absolute Gasteiger partial charge is 0.370 e. The van der Waals surface area contributed by atoms with Crippen molar-refractivity contribution in [1.82, 2.24) is 20.4 Å². The standard InChI is InChI=1S/C21H25N5O2/c1-3-26(17-8-6-7-16(2)15-17)14-13-23-19(27)10-11-20-24-21(25-28-20)18-9-4-5-12-22-18/h4-9,12,15H,3,10-11,13-14H2,1-2H3,(H,23,27). The van der Waals surface area contributed by atoms with Crippen LogP contribution in [-0.4, -0.2) is 40.7 Å². The molecule has 7 nitrogen and oxygen atoms in total. The molecule has 2 aromatic heterocycles. The van der Waals surface area contributed by atoms with E-state index in [0.717, 1.165) is 13.1 Å². The van der Waals surface area contributed by atoms with E-state index in [1.54, 1.807) is 6.20 Å². The normalized spacial score (nSPS) is 10.6. The van der Waals surface area contributed by atoms with E-state index in [-0.39, 0.29) is 5.91 Å². The zero-order valence-electron chi connectivity index (χ0n) is 16.3. The maximum Gasteiger partial charge on any atom is 0.227 e. The van der Waals surface area contributed by atoms with Gasteiger partial charge in [-0.05, 0) is 43.7 Å². The highest BCUT2D eigenvalue weighted by Gasteiger charge is 2.11. The number of hydrogen-bond donors (Lipinski definition) is 1. The lowest BCUT2D eigenvalue weighted by atomic mass is 10.2. The van der Waals surface area contributed by atoms with Crippen LogP contribution < -0.4 is 10.2 Å². The molecule has 0 aliphatic heterocycles. The molecule has 146 valence electrons. The summed E-state index contributed by atoms with van der Waals surface area (Å²) in [5, 5.41) is 6.87. The minimum Gasteiger partial charge on any atom is -0.370 e. The van der Waals surface area contributed by atoms with Gasteiger partial charge in [0.2, 0.25) is 17.6 Å². The van der Waals surface area contributed by atoms with Crippen LogP contribution in [0.15, 0.2) is 53.2 Å². The minimum absolute atomic E-state index is 0.0297. The lowest BCUT2D eigenvalue weighted by molar-refractivity contribution is -0.121. The third-order valence-corrected chi connectivity index (χ3v) is 4.38. The number of pyridine rings is 1. The van der Waals surface area contributed by atoms with Crippen molar-refractivity contribution in [2.45, 2.75) is 26.7 Å². The Bertz CT molecular complexity index is 895. The van der Waals surface area contributed by atoms with Crippen LogP contribution in [0.5, 0.6) is 0 Å². The van der Waals surface area contributed by atoms with E-state index in [1.165, 1.54) is 11.3 Å². The van der Waals surface area contributed by atoms with Crippen molar-refractivity contribution in [3.63, 3.8) is 0 Å². The molecule has 3 rings (SSSR count). The number of rotatable bonds is 9. The molecule has 0 spiro atoms. The lowest BCUT2D eigenvalue weighted by Crippen LogP contribution is -2.35. The van der Waals surface area contributed by atoms with Crippen molar-refractivity contribution < 1.29 is 9.32 Å². The van der Waals surface area contributed by atoms with Gasteiger partial charge in [0.1, 0.15) is 5.69 Å². The summed E-state index contributed by atoms with van der Waals surface area (Å²) < 4.78 is 5.21. The molecule has 0 saturated heterocycles. The van der Waals surface area contributed by atoms with Gasteiger partial charge in [0.25, 0.3) is 0 Å². The molecular weight excluding hydrogens is 354 g/mol. The second-order valence-corrected chi connectivity index (χ2v) is 6.50. The molecule has 7 heteroatoms. The summed E-state index contributed by atoms with van der Waals surface area (Å²) in [5.41, 5.74) is 3.05. The van der Waals surface area contributed by atoms with E-state index in [1.807, 2.05) is 18.2 Å². The number of aromatic nitrogens is 3. The summed E-state index contributed by atoms with van der Waals surface area (Å²) >= 11 is 0. The van der Waals surface area contributed by atoms with Crippen molar-refractivity contribution in [1.29, 1.82) is 0 Å². The minimum atomic E-state index is -0.0297. The molecule has 1 amide bonds. The van der Waals surface area contributed by atoms with E-state index >= 15 is 0 Å². The number of nitrogens with zero attached hydrogens (tertiary/aromatic N) is 4. The predicted molar refractivity (Wildman–Crippen MR) is 108 cm³/mol. The molecule has 0 atom stereocenters. The number of anilines is 1. The third-order valence-electron chi connectivity index (χ3n) is 4.38. The summed E-state index contributed by atoms with van der Waals surface area (Å²) in [6.45, 7) is 6.42. The zero-order chi connectivity index (χ0) is 19.8. The van der Waals surface area contributed by atoms with E-state index in [2.05, 4.69) is 63.5 Å². The van der Waals surface area contributed by atoms with E-state index in [9.17, 15) is 4.79 Å². The third kappa shape index (κ3) is 5.39. The van der Waals surface area contributed by atoms with Crippen LogP contribution in [0, 0.1) is 6.92 Å². The molecule has 1 N–H and O–H groups in total. The fourth-order valence-corrected chi connectivity index (χ4v) is 2.89. The highest BCUT2D eigenvalue weighted by molar-refractivity contribution is 5.76. The predicted octanol–water partition coefficient (Wildman–Crippen LogP) is 3.02. The Hall–Kier alpha value is -3.22. The quantitative estimate of drug-likeness (QED) is 0.615. The van der Waals surface area contributed by atoms with E-state index in [4.69, 9.17) is 4.52 Å². The molecule has 0 fully saturated rings. The van der Waals surface area contributed by atoms with Crippen LogP contribution in [0.1, 0.15) is 24.8 Å². The van der Waals surface area contributed by atoms with Gasteiger partial charge in [-0.25, -0.2) is 0 Å². The van der Waals surface area contributed by atoms with E-state index < -0.39 is 0 Å². The molecule has 0 unspecified atom stereocenters. The van der Waals surface area contributed by atoms with Crippen LogP contribution in [0.2, 0.25) is 0 Å². The van der Waals surface area contributed by atoms with Crippen molar-refractivity contribution >= 4 is 11.6 Å². The summed E-state index contributed by atoms with van der Waals surface area (Å²) in [6.07, 6.45) is 2.39. The Balaban J connectivity index is 1.43. The smallest absolute Gasteiger partial charge is 0.227 e. The number of hydrogen-bond acceptors (Lipinski definition) is 6. The Morgan fingerprint density at radius 3 is 2.86 bits per heavy atom. The van der Waals surface area contributed by atoms with Gasteiger partial charge in [-0.1, -0.05) is 23.4 Å². The fraction of sp³-hybridized carbons (Fsp3) is 0.333. The maximum atomic E-state index is 12.1. The molecule has 0 bridgehead atoms. The molecule has 0 aliphatic carbocycles. The van der Waals surface area contributed by atoms with E-state index in [0.29, 0.717) is 36.8 Å². The summed E-state index contributed by atoms with van der Waals surface area (Å²) in [6, 6.07) is 13.9. The molecule has 0 radical (unpaired) electrons. The Morgan fingerprint density at radius 2 is 2.11 bits per heavy atom. The van der Waals surface area contributed by atoms with Crippen molar-refractivity contribution in [3.05, 3.63) is 60.1 Å². The van der Waals surface area contributed by atoms with Gasteiger partial charge in [-0.3, -0.25) is 9.78 Å². The summed E-state index contributed by atoms with van der Waals surface area (Å²) in [7, 11) is 0. The average molecular weight is 379 g/mol. The first-order valence-corrected chi connectivity index (χ1v) is 9.48. The second kappa shape index (κ2) is 9.64. The monoisotopic (exact) mass is 379 g/mol. The van der Waals surface area contributed by atoms with Crippen LogP contribution >= 0.6 is 0 Å². The first kappa shape index (κ1) is 19.5. The molecule has 0 saturated carbocycles. The molecule has 2 heterocycles. The van der Waals surface area contributed by atoms with Gasteiger partial charge in [0, 0.05) is 44.4 Å². The molecule has 1 aromatic carbocycles. The van der Waals surface area contributed by atoms with Crippen molar-refractivity contribution in [2.75, 3.05) is 24.5 Å². The first-order valence-electron chi connectivity index (χ1n) is 9.48. The molecular formula is C21H25N5O2. The fourth-order valence-electron chi connectivity index (χ4n) is 2.89. The Morgan fingerprint density at radius 1 is 1.21 bits per heavy atom. The highest BCUT2D eigenvalue weighted by Crippen LogP contribution is 2.15. The number of aryl methyl sites for hydroxylation is 2. The second-order valence-electron chi connectivity index (χ2n) is 6.50. The SMILES string of the molecule is CCN(CCNC(=O)CCc1nc(-c2ccccn2)no1)c1cccc(C)c1. The van der Waals surface area contributed by atoms with Gasteiger partial charge in [0.05, 0.1) is 0 Å². The number of carbonyl (C=O) groups is 1. The van der Waals surface area contributed by atoms with Crippen molar-refractivity contribution in [3.8, 4) is 11.5 Å². The van der Waals surface area contributed by atoms with Crippen LogP contribution in [-0.2, 0) is 11.2 Å². The molecule has 28 heavy (non-hydrogen) atoms. The topological polar surface area (TPSA) is 84.2 Å². The van der Waals surface area contributed by atoms with Gasteiger partial charge < -0.3 is 14.7 Å². The Labute approximate surface area is 164 Å². The van der Waals surface area contributed by atoms with Crippen LogP contribution in [0.3, 0.4) is 0 Å². The molecule has 0 aliphatic rings. The number of nitrogens with one attached hydrogen (secondary N) is 1. The summed E-state index contributed by atoms with van der Waals surface area (Å²) in [5.74, 6) is 0.844. The maximum absolute atomic E-state index is 12.1. The van der Waals surface area contributed by atoms with Crippen LogP contribution in [0.4, 0.5) is 5.69 Å². The van der Waals surface area contributed by atoms with Gasteiger partial charge in [-0.2, -0.15) is 4.98 Å². The van der Waals surface area contributed by atoms with Gasteiger partial charge in [0.15, 0.2) is 0 Å². The number of likely N-dealkylation sites (N-methyl/N-ethyl adjacent to an activating group) is 1. The molecule has 3 aromatic rings. The van der Waals surface area contributed by atoms with Crippen molar-refractivity contribution in [2.24, 2.45) is 0 Å². The number of carbonyl (C=O) groups excluding carboxylic acids is 1. The Kier molecular flexibility index (Phi) is 6.73. The number of amides is 1. The highest BCUT2D eigenvalue weighted by atomic mass is 16.5. The first-order chi connectivity index (χ1) is 13.7.